The third-order valence-corrected chi connectivity index (χ3v) is 5.76. The Labute approximate surface area is 174 Å². The molecule has 1 heterocycles. The van der Waals surface area contributed by atoms with E-state index in [0.717, 1.165) is 22.2 Å². The van der Waals surface area contributed by atoms with Crippen molar-refractivity contribution in [1.29, 1.82) is 0 Å². The molecule has 0 amide bonds. The summed E-state index contributed by atoms with van der Waals surface area (Å²) in [6.07, 6.45) is 2.47. The van der Waals surface area contributed by atoms with Crippen molar-refractivity contribution < 1.29 is 19.0 Å². The zero-order valence-electron chi connectivity index (χ0n) is 16.8. The number of ether oxygens (including phenoxy) is 3. The summed E-state index contributed by atoms with van der Waals surface area (Å²) in [6, 6.07) is 12.9. The Morgan fingerprint density at radius 2 is 1.86 bits per heavy atom. The third-order valence-electron chi connectivity index (χ3n) is 4.60. The van der Waals surface area contributed by atoms with Crippen LogP contribution in [0.3, 0.4) is 0 Å². The number of fused-ring (bicyclic) bond motifs is 2. The minimum absolute atomic E-state index is 0.0300. The minimum Gasteiger partial charge on any atom is -0.482 e. The quantitative estimate of drug-likeness (QED) is 0.267. The second kappa shape index (κ2) is 10.4. The zero-order valence-corrected chi connectivity index (χ0v) is 17.6. The van der Waals surface area contributed by atoms with Crippen LogP contribution in [-0.2, 0) is 14.3 Å². The topological polar surface area (TPSA) is 61.8 Å². The molecule has 0 aliphatic carbocycles. The van der Waals surface area contributed by atoms with Crippen LogP contribution in [-0.4, -0.2) is 31.9 Å². The van der Waals surface area contributed by atoms with E-state index in [2.05, 4.69) is 6.92 Å². The predicted octanol–water partition coefficient (Wildman–Crippen LogP) is 4.93. The summed E-state index contributed by atoms with van der Waals surface area (Å²) in [5.41, 5.74) is -0.0300. The van der Waals surface area contributed by atoms with Crippen LogP contribution in [0.15, 0.2) is 47.3 Å². The van der Waals surface area contributed by atoms with Crippen LogP contribution in [0.1, 0.15) is 33.1 Å². The van der Waals surface area contributed by atoms with Crippen LogP contribution in [0, 0.1) is 0 Å². The highest BCUT2D eigenvalue weighted by atomic mass is 32.1. The molecule has 5 nitrogen and oxygen atoms in total. The second-order valence-corrected chi connectivity index (χ2v) is 7.91. The Hall–Kier alpha value is -2.44. The molecule has 0 N–H and O–H groups in total. The molecular formula is C23H26O5S. The Morgan fingerprint density at radius 3 is 2.66 bits per heavy atom. The normalized spacial score (nSPS) is 12.2. The van der Waals surface area contributed by atoms with Crippen molar-refractivity contribution in [2.45, 2.75) is 39.2 Å². The van der Waals surface area contributed by atoms with Gasteiger partial charge in [0.2, 0.25) is 0 Å². The van der Waals surface area contributed by atoms with E-state index in [1.54, 1.807) is 23.5 Å². The summed E-state index contributed by atoms with van der Waals surface area (Å²) < 4.78 is 18.4. The number of hydrogen-bond donors (Lipinski definition) is 0. The van der Waals surface area contributed by atoms with Gasteiger partial charge in [-0.1, -0.05) is 32.4 Å². The van der Waals surface area contributed by atoms with Gasteiger partial charge in [-0.15, -0.1) is 11.3 Å². The molecule has 3 rings (SSSR count). The van der Waals surface area contributed by atoms with E-state index in [-0.39, 0.29) is 18.1 Å². The van der Waals surface area contributed by atoms with Gasteiger partial charge in [-0.2, -0.15) is 0 Å². The zero-order chi connectivity index (χ0) is 20.6. The summed E-state index contributed by atoms with van der Waals surface area (Å²) in [6.45, 7) is 4.91. The van der Waals surface area contributed by atoms with Gasteiger partial charge in [0.15, 0.2) is 12.0 Å². The molecule has 0 fully saturated rings. The van der Waals surface area contributed by atoms with Gasteiger partial charge in [0, 0.05) is 26.8 Å². The first-order chi connectivity index (χ1) is 14.1. The van der Waals surface area contributed by atoms with E-state index in [9.17, 15) is 9.59 Å². The van der Waals surface area contributed by atoms with Crippen molar-refractivity contribution in [3.05, 3.63) is 52.7 Å². The fraction of sp³-hybridized carbons (Fsp3) is 0.391. The molecule has 0 bridgehead atoms. The van der Waals surface area contributed by atoms with Gasteiger partial charge < -0.3 is 14.2 Å². The van der Waals surface area contributed by atoms with Gasteiger partial charge in [-0.3, -0.25) is 4.79 Å². The van der Waals surface area contributed by atoms with Gasteiger partial charge >= 0.3 is 5.97 Å². The van der Waals surface area contributed by atoms with Crippen molar-refractivity contribution >= 4 is 37.5 Å². The maximum absolute atomic E-state index is 12.8. The molecular weight excluding hydrogens is 388 g/mol. The van der Waals surface area contributed by atoms with E-state index in [1.165, 1.54) is 0 Å². The lowest BCUT2D eigenvalue weighted by Gasteiger charge is -2.16. The van der Waals surface area contributed by atoms with Gasteiger partial charge in [0.1, 0.15) is 11.9 Å². The SMILES string of the molecule is CCCCOCC(CC)OC(=O)COc1ccc2sc3ccccc3c(=O)c2c1. The first-order valence-corrected chi connectivity index (χ1v) is 10.8. The highest BCUT2D eigenvalue weighted by Crippen LogP contribution is 2.27. The van der Waals surface area contributed by atoms with E-state index in [4.69, 9.17) is 14.2 Å². The standard InChI is InChI=1S/C23H26O5S/c1-3-5-12-26-14-16(4-2)28-22(24)15-27-17-10-11-21-19(13-17)23(25)18-8-6-7-9-20(18)29-21/h6-11,13,16H,3-5,12,14-15H2,1-2H3. The van der Waals surface area contributed by atoms with Crippen molar-refractivity contribution in [2.75, 3.05) is 19.8 Å². The lowest BCUT2D eigenvalue weighted by atomic mass is 10.2. The maximum atomic E-state index is 12.8. The molecule has 0 saturated heterocycles. The number of carbonyl (C=O) groups excluding carboxylic acids is 1. The average molecular weight is 415 g/mol. The molecule has 1 aromatic heterocycles. The summed E-state index contributed by atoms with van der Waals surface area (Å²) in [5.74, 6) is 0.0287. The van der Waals surface area contributed by atoms with Crippen LogP contribution in [0.5, 0.6) is 5.75 Å². The number of carbonyl (C=O) groups is 1. The average Bonchev–Trinajstić information content (AvgIpc) is 2.75. The highest BCUT2D eigenvalue weighted by Gasteiger charge is 2.14. The summed E-state index contributed by atoms with van der Waals surface area (Å²) in [7, 11) is 0. The van der Waals surface area contributed by atoms with Crippen molar-refractivity contribution in [2.24, 2.45) is 0 Å². The number of hydrogen-bond acceptors (Lipinski definition) is 6. The van der Waals surface area contributed by atoms with E-state index < -0.39 is 5.97 Å². The maximum Gasteiger partial charge on any atom is 0.344 e. The fourth-order valence-electron chi connectivity index (χ4n) is 2.93. The molecule has 0 radical (unpaired) electrons. The van der Waals surface area contributed by atoms with Crippen molar-refractivity contribution in [1.82, 2.24) is 0 Å². The molecule has 1 atom stereocenters. The molecule has 0 saturated carbocycles. The number of rotatable bonds is 10. The van der Waals surface area contributed by atoms with Gasteiger partial charge in [-0.05, 0) is 43.2 Å². The molecule has 2 aromatic carbocycles. The molecule has 154 valence electrons. The summed E-state index contributed by atoms with van der Waals surface area (Å²) in [5, 5.41) is 1.28. The minimum atomic E-state index is -0.445. The Kier molecular flexibility index (Phi) is 7.61. The van der Waals surface area contributed by atoms with Crippen LogP contribution in [0.4, 0.5) is 0 Å². The Balaban J connectivity index is 1.62. The van der Waals surface area contributed by atoms with E-state index >= 15 is 0 Å². The van der Waals surface area contributed by atoms with Crippen LogP contribution in [0.2, 0.25) is 0 Å². The number of esters is 1. The highest BCUT2D eigenvalue weighted by molar-refractivity contribution is 7.24. The first-order valence-electron chi connectivity index (χ1n) is 9.98. The summed E-state index contributed by atoms with van der Waals surface area (Å²) in [4.78, 5) is 24.9. The Morgan fingerprint density at radius 1 is 1.07 bits per heavy atom. The second-order valence-electron chi connectivity index (χ2n) is 6.82. The lowest BCUT2D eigenvalue weighted by Crippen LogP contribution is -2.26. The van der Waals surface area contributed by atoms with Crippen LogP contribution >= 0.6 is 11.3 Å². The number of benzene rings is 2. The molecule has 1 unspecified atom stereocenters. The predicted molar refractivity (Wildman–Crippen MR) is 117 cm³/mol. The molecule has 6 heteroatoms. The fourth-order valence-corrected chi connectivity index (χ4v) is 3.98. The van der Waals surface area contributed by atoms with Crippen LogP contribution < -0.4 is 10.2 Å². The van der Waals surface area contributed by atoms with Crippen molar-refractivity contribution in [3.8, 4) is 5.75 Å². The van der Waals surface area contributed by atoms with E-state index in [1.807, 2.05) is 37.3 Å². The Bertz CT molecular complexity index is 1030. The molecule has 0 aliphatic heterocycles. The third kappa shape index (κ3) is 5.55. The molecule has 29 heavy (non-hydrogen) atoms. The van der Waals surface area contributed by atoms with Crippen LogP contribution in [0.25, 0.3) is 20.2 Å². The first kappa shape index (κ1) is 21.3. The van der Waals surface area contributed by atoms with E-state index in [0.29, 0.717) is 36.2 Å². The van der Waals surface area contributed by atoms with Gasteiger partial charge in [-0.25, -0.2) is 4.79 Å². The summed E-state index contributed by atoms with van der Waals surface area (Å²) >= 11 is 1.56. The monoisotopic (exact) mass is 414 g/mol. The van der Waals surface area contributed by atoms with Gasteiger partial charge in [0.25, 0.3) is 0 Å². The molecule has 0 spiro atoms. The largest absolute Gasteiger partial charge is 0.482 e. The number of unbranched alkanes of at least 4 members (excludes halogenated alkanes) is 1. The molecule has 0 aliphatic rings. The lowest BCUT2D eigenvalue weighted by molar-refractivity contribution is -0.154. The van der Waals surface area contributed by atoms with Crippen molar-refractivity contribution in [3.63, 3.8) is 0 Å². The van der Waals surface area contributed by atoms with Gasteiger partial charge in [0.05, 0.1) is 6.61 Å². The molecule has 3 aromatic rings. The smallest absolute Gasteiger partial charge is 0.344 e.